The molecule has 25 heavy (non-hydrogen) atoms. The van der Waals surface area contributed by atoms with Crippen molar-refractivity contribution >= 4 is 17.5 Å². The Kier molecular flexibility index (Phi) is 6.16. The number of benzene rings is 2. The fraction of sp³-hybridized carbons (Fsp3) is 0.381. The molecule has 0 saturated carbocycles. The second kappa shape index (κ2) is 8.54. The number of ether oxygens (including phenoxy) is 1. The Hall–Kier alpha value is -1.78. The summed E-state index contributed by atoms with van der Waals surface area (Å²) in [5, 5.41) is 0. The first-order chi connectivity index (χ1) is 12.2. The number of thioether (sulfide) groups is 1. The zero-order valence-electron chi connectivity index (χ0n) is 14.9. The highest BCUT2D eigenvalue weighted by Crippen LogP contribution is 2.24. The van der Waals surface area contributed by atoms with Crippen LogP contribution < -0.4 is 4.74 Å². The van der Waals surface area contributed by atoms with Crippen LogP contribution in [0.15, 0.2) is 53.4 Å². The largest absolute Gasteiger partial charge is 0.497 e. The van der Waals surface area contributed by atoms with E-state index in [1.807, 2.05) is 36.4 Å². The Morgan fingerprint density at radius 3 is 2.76 bits per heavy atom. The lowest BCUT2D eigenvalue weighted by atomic mass is 9.90. The van der Waals surface area contributed by atoms with E-state index in [1.165, 1.54) is 10.5 Å². The minimum atomic E-state index is 0.0967. The van der Waals surface area contributed by atoms with Gasteiger partial charge in [0, 0.05) is 29.5 Å². The molecule has 1 atom stereocenters. The van der Waals surface area contributed by atoms with Crippen molar-refractivity contribution in [3.8, 4) is 5.75 Å². The van der Waals surface area contributed by atoms with Gasteiger partial charge in [0.25, 0.3) is 0 Å². The number of methoxy groups -OCH3 is 1. The van der Waals surface area contributed by atoms with Crippen molar-refractivity contribution in [1.82, 2.24) is 4.90 Å². The Morgan fingerprint density at radius 1 is 1.24 bits per heavy atom. The molecule has 1 aliphatic heterocycles. The minimum Gasteiger partial charge on any atom is -0.497 e. The van der Waals surface area contributed by atoms with Crippen molar-refractivity contribution in [1.29, 1.82) is 0 Å². The van der Waals surface area contributed by atoms with Crippen LogP contribution in [-0.4, -0.2) is 37.1 Å². The van der Waals surface area contributed by atoms with Gasteiger partial charge in [-0.25, -0.2) is 0 Å². The highest BCUT2D eigenvalue weighted by molar-refractivity contribution is 7.98. The van der Waals surface area contributed by atoms with Gasteiger partial charge in [-0.15, -0.1) is 11.8 Å². The first kappa shape index (κ1) is 18.0. The molecule has 0 radical (unpaired) electrons. The highest BCUT2D eigenvalue weighted by atomic mass is 32.2. The predicted octanol–water partition coefficient (Wildman–Crippen LogP) is 4.51. The summed E-state index contributed by atoms with van der Waals surface area (Å²) in [5.74, 6) is 1.26. The molecular weight excluding hydrogens is 330 g/mol. The van der Waals surface area contributed by atoms with E-state index in [2.05, 4.69) is 23.3 Å². The minimum absolute atomic E-state index is 0.0967. The van der Waals surface area contributed by atoms with E-state index in [-0.39, 0.29) is 11.7 Å². The van der Waals surface area contributed by atoms with Gasteiger partial charge in [0.15, 0.2) is 5.78 Å². The summed E-state index contributed by atoms with van der Waals surface area (Å²) in [5.41, 5.74) is 2.07. The van der Waals surface area contributed by atoms with Gasteiger partial charge in [-0.1, -0.05) is 24.3 Å². The average Bonchev–Trinajstić information content (AvgIpc) is 2.68. The lowest BCUT2D eigenvalue weighted by molar-refractivity contribution is 0.0811. The van der Waals surface area contributed by atoms with Crippen LogP contribution in [0.5, 0.6) is 5.75 Å². The second-order valence-corrected chi connectivity index (χ2v) is 7.40. The van der Waals surface area contributed by atoms with Gasteiger partial charge in [-0.2, -0.15) is 0 Å². The first-order valence-electron chi connectivity index (χ1n) is 8.73. The topological polar surface area (TPSA) is 29.5 Å². The van der Waals surface area contributed by atoms with Gasteiger partial charge in [-0.05, 0) is 55.5 Å². The van der Waals surface area contributed by atoms with Crippen molar-refractivity contribution in [2.75, 3.05) is 26.5 Å². The van der Waals surface area contributed by atoms with Gasteiger partial charge >= 0.3 is 0 Å². The summed E-state index contributed by atoms with van der Waals surface area (Å²) in [7, 11) is 1.69. The number of nitrogens with zero attached hydrogens (tertiary/aromatic N) is 1. The maximum atomic E-state index is 12.8. The summed E-state index contributed by atoms with van der Waals surface area (Å²) >= 11 is 1.70. The molecule has 0 bridgehead atoms. The highest BCUT2D eigenvalue weighted by Gasteiger charge is 2.26. The monoisotopic (exact) mass is 355 g/mol. The van der Waals surface area contributed by atoms with Crippen molar-refractivity contribution in [2.24, 2.45) is 5.92 Å². The number of carbonyl (C=O) groups excluding carboxylic acids is 1. The molecule has 0 amide bonds. The van der Waals surface area contributed by atoms with E-state index in [1.54, 1.807) is 18.9 Å². The average molecular weight is 356 g/mol. The van der Waals surface area contributed by atoms with E-state index >= 15 is 0 Å². The summed E-state index contributed by atoms with van der Waals surface area (Å²) in [6, 6.07) is 16.2. The summed E-state index contributed by atoms with van der Waals surface area (Å²) in [6.45, 7) is 2.75. The zero-order valence-corrected chi connectivity index (χ0v) is 15.7. The molecule has 2 aromatic carbocycles. The number of ketones is 1. The molecule has 1 saturated heterocycles. The number of piperidine rings is 1. The zero-order chi connectivity index (χ0) is 17.6. The van der Waals surface area contributed by atoms with Crippen LogP contribution in [0.3, 0.4) is 0 Å². The fourth-order valence-electron chi connectivity index (χ4n) is 3.43. The van der Waals surface area contributed by atoms with E-state index in [0.717, 1.165) is 43.8 Å². The van der Waals surface area contributed by atoms with E-state index in [0.29, 0.717) is 0 Å². The molecule has 2 aromatic rings. The lowest BCUT2D eigenvalue weighted by Gasteiger charge is -2.32. The number of hydrogen-bond donors (Lipinski definition) is 0. The molecular formula is C21H25NO2S. The van der Waals surface area contributed by atoms with Crippen molar-refractivity contribution in [3.05, 3.63) is 59.7 Å². The Morgan fingerprint density at radius 2 is 2.04 bits per heavy atom. The van der Waals surface area contributed by atoms with Crippen LogP contribution in [0.1, 0.15) is 28.8 Å². The van der Waals surface area contributed by atoms with Crippen LogP contribution in [0.25, 0.3) is 0 Å². The molecule has 1 heterocycles. The molecule has 4 heteroatoms. The Bertz CT molecular complexity index is 714. The summed E-state index contributed by atoms with van der Waals surface area (Å²) in [6.07, 6.45) is 4.11. The number of carbonyl (C=O) groups is 1. The molecule has 0 N–H and O–H groups in total. The van der Waals surface area contributed by atoms with Gasteiger partial charge in [0.05, 0.1) is 7.11 Å². The van der Waals surface area contributed by atoms with Crippen LogP contribution in [0, 0.1) is 5.92 Å². The van der Waals surface area contributed by atoms with E-state index in [9.17, 15) is 4.79 Å². The first-order valence-corrected chi connectivity index (χ1v) is 9.95. The molecule has 3 rings (SSSR count). The van der Waals surface area contributed by atoms with Crippen LogP contribution >= 0.6 is 11.8 Å². The second-order valence-electron chi connectivity index (χ2n) is 6.52. The Balaban J connectivity index is 1.64. The molecule has 0 aliphatic carbocycles. The molecule has 0 unspecified atom stereocenters. The maximum Gasteiger partial charge on any atom is 0.167 e. The smallest absolute Gasteiger partial charge is 0.167 e. The van der Waals surface area contributed by atoms with Gasteiger partial charge in [0.2, 0.25) is 0 Å². The van der Waals surface area contributed by atoms with Gasteiger partial charge < -0.3 is 4.74 Å². The maximum absolute atomic E-state index is 12.8. The fourth-order valence-corrected chi connectivity index (χ4v) is 3.84. The van der Waals surface area contributed by atoms with Crippen molar-refractivity contribution in [3.63, 3.8) is 0 Å². The molecule has 1 aliphatic rings. The number of Topliss-reactive ketones (excluding diaryl/α,β-unsaturated/α-hetero) is 1. The lowest BCUT2D eigenvalue weighted by Crippen LogP contribution is -2.38. The number of likely N-dealkylation sites (tertiary alicyclic amines) is 1. The van der Waals surface area contributed by atoms with E-state index < -0.39 is 0 Å². The number of hydrogen-bond acceptors (Lipinski definition) is 4. The third kappa shape index (κ3) is 4.65. The quantitative estimate of drug-likeness (QED) is 0.563. The standard InChI is InChI=1S/C21H25NO2S/c1-24-19-7-3-5-16(13-19)14-22-12-4-6-18(15-22)21(23)17-8-10-20(25-2)11-9-17/h3,5,7-11,13,18H,4,6,12,14-15H2,1-2H3/t18-/m1/s1. The molecule has 1 fully saturated rings. The SMILES string of the molecule is COc1cccc(CN2CCC[C@@H](C(=O)c3ccc(SC)cc3)C2)c1. The third-order valence-corrected chi connectivity index (χ3v) is 5.53. The molecule has 132 valence electrons. The summed E-state index contributed by atoms with van der Waals surface area (Å²) in [4.78, 5) is 16.4. The molecule has 0 spiro atoms. The number of rotatable bonds is 6. The van der Waals surface area contributed by atoms with Crippen LogP contribution in [0.2, 0.25) is 0 Å². The van der Waals surface area contributed by atoms with Gasteiger partial charge in [-0.3, -0.25) is 9.69 Å². The van der Waals surface area contributed by atoms with Gasteiger partial charge in [0.1, 0.15) is 5.75 Å². The third-order valence-electron chi connectivity index (χ3n) is 4.79. The van der Waals surface area contributed by atoms with Crippen molar-refractivity contribution < 1.29 is 9.53 Å². The predicted molar refractivity (Wildman–Crippen MR) is 104 cm³/mol. The van der Waals surface area contributed by atoms with Crippen molar-refractivity contribution in [2.45, 2.75) is 24.3 Å². The summed E-state index contributed by atoms with van der Waals surface area (Å²) < 4.78 is 5.31. The Labute approximate surface area is 154 Å². The van der Waals surface area contributed by atoms with Crippen LogP contribution in [-0.2, 0) is 6.54 Å². The normalized spacial score (nSPS) is 18.1. The van der Waals surface area contributed by atoms with E-state index in [4.69, 9.17) is 4.74 Å². The molecule has 0 aromatic heterocycles. The van der Waals surface area contributed by atoms with Crippen LogP contribution in [0.4, 0.5) is 0 Å². The molecule has 3 nitrogen and oxygen atoms in total.